The highest BCUT2D eigenvalue weighted by Crippen LogP contribution is 2.25. The zero-order valence-corrected chi connectivity index (χ0v) is 10.9. The van der Waals surface area contributed by atoms with E-state index < -0.39 is 0 Å². The standard InChI is InChI=1S/C12H14N2O2S/c1-4-16-9-5-6-11-10(7-9)13-12(17-3)14(11)8(2)15/h5-7H,4H2,1-3H3. The lowest BCUT2D eigenvalue weighted by Crippen LogP contribution is -2.06. The largest absolute Gasteiger partial charge is 0.494 e. The summed E-state index contributed by atoms with van der Waals surface area (Å²) in [6.45, 7) is 4.09. The summed E-state index contributed by atoms with van der Waals surface area (Å²) in [6, 6.07) is 5.59. The fraction of sp³-hybridized carbons (Fsp3) is 0.333. The third kappa shape index (κ3) is 2.15. The number of rotatable bonds is 3. The van der Waals surface area contributed by atoms with E-state index in [1.54, 1.807) is 4.57 Å². The minimum Gasteiger partial charge on any atom is -0.494 e. The summed E-state index contributed by atoms with van der Waals surface area (Å²) >= 11 is 1.46. The lowest BCUT2D eigenvalue weighted by Gasteiger charge is -2.03. The van der Waals surface area contributed by atoms with Crippen LogP contribution < -0.4 is 4.74 Å². The van der Waals surface area contributed by atoms with Crippen LogP contribution in [0, 0.1) is 0 Å². The maximum absolute atomic E-state index is 11.6. The third-order valence-electron chi connectivity index (χ3n) is 2.40. The van der Waals surface area contributed by atoms with Crippen LogP contribution in [0.25, 0.3) is 11.0 Å². The molecule has 0 aliphatic carbocycles. The van der Waals surface area contributed by atoms with Crippen LogP contribution in [-0.4, -0.2) is 28.3 Å². The molecule has 1 heterocycles. The number of carbonyl (C=O) groups excluding carboxylic acids is 1. The Morgan fingerprint density at radius 1 is 1.53 bits per heavy atom. The normalized spacial score (nSPS) is 10.8. The molecule has 2 rings (SSSR count). The highest BCUT2D eigenvalue weighted by Gasteiger charge is 2.13. The maximum atomic E-state index is 11.6. The van der Waals surface area contributed by atoms with Crippen LogP contribution in [0.15, 0.2) is 23.4 Å². The van der Waals surface area contributed by atoms with E-state index >= 15 is 0 Å². The van der Waals surface area contributed by atoms with Crippen molar-refractivity contribution >= 4 is 28.7 Å². The second-order valence-electron chi connectivity index (χ2n) is 3.54. The predicted molar refractivity (Wildman–Crippen MR) is 69.0 cm³/mol. The topological polar surface area (TPSA) is 44.1 Å². The van der Waals surface area contributed by atoms with Gasteiger partial charge in [0.2, 0.25) is 5.91 Å². The number of imidazole rings is 1. The molecule has 0 aliphatic rings. The van der Waals surface area contributed by atoms with Gasteiger partial charge in [-0.1, -0.05) is 11.8 Å². The van der Waals surface area contributed by atoms with Crippen LogP contribution in [0.1, 0.15) is 18.6 Å². The third-order valence-corrected chi connectivity index (χ3v) is 3.04. The number of hydrogen-bond donors (Lipinski definition) is 0. The van der Waals surface area contributed by atoms with Crippen LogP contribution >= 0.6 is 11.8 Å². The molecule has 17 heavy (non-hydrogen) atoms. The maximum Gasteiger partial charge on any atom is 0.230 e. The molecule has 0 amide bonds. The minimum absolute atomic E-state index is 0.0268. The van der Waals surface area contributed by atoms with Crippen LogP contribution in [0.5, 0.6) is 5.75 Å². The highest BCUT2D eigenvalue weighted by atomic mass is 32.2. The molecule has 0 unspecified atom stereocenters. The zero-order chi connectivity index (χ0) is 12.4. The van der Waals surface area contributed by atoms with Crippen molar-refractivity contribution in [1.82, 2.24) is 9.55 Å². The van der Waals surface area contributed by atoms with Crippen LogP contribution in [0.3, 0.4) is 0 Å². The molecule has 0 bridgehead atoms. The number of fused-ring (bicyclic) bond motifs is 1. The Morgan fingerprint density at radius 2 is 2.29 bits per heavy atom. The van der Waals surface area contributed by atoms with Crippen molar-refractivity contribution in [3.05, 3.63) is 18.2 Å². The van der Waals surface area contributed by atoms with Gasteiger partial charge in [-0.15, -0.1) is 0 Å². The Labute approximate surface area is 104 Å². The Balaban J connectivity index is 2.61. The average molecular weight is 250 g/mol. The van der Waals surface area contributed by atoms with Crippen LogP contribution in [0.2, 0.25) is 0 Å². The van der Waals surface area contributed by atoms with Gasteiger partial charge in [0.05, 0.1) is 17.6 Å². The summed E-state index contributed by atoms with van der Waals surface area (Å²) in [6.07, 6.45) is 1.91. The van der Waals surface area contributed by atoms with Crippen molar-refractivity contribution in [3.8, 4) is 5.75 Å². The molecule has 4 nitrogen and oxygen atoms in total. The molecule has 1 aromatic carbocycles. The first-order valence-corrected chi connectivity index (χ1v) is 6.60. The van der Waals surface area contributed by atoms with Crippen molar-refractivity contribution in [2.24, 2.45) is 0 Å². The summed E-state index contributed by atoms with van der Waals surface area (Å²) in [5.74, 6) is 0.752. The first-order chi connectivity index (χ1) is 8.17. The van der Waals surface area contributed by atoms with Gasteiger partial charge in [-0.25, -0.2) is 4.98 Å². The Morgan fingerprint density at radius 3 is 2.88 bits per heavy atom. The van der Waals surface area contributed by atoms with Crippen molar-refractivity contribution < 1.29 is 9.53 Å². The number of nitrogens with zero attached hydrogens (tertiary/aromatic N) is 2. The van der Waals surface area contributed by atoms with Gasteiger partial charge in [-0.3, -0.25) is 9.36 Å². The summed E-state index contributed by atoms with van der Waals surface area (Å²) < 4.78 is 7.04. The number of aromatic nitrogens is 2. The number of ether oxygens (including phenoxy) is 1. The fourth-order valence-electron chi connectivity index (χ4n) is 1.74. The number of carbonyl (C=O) groups is 1. The molecule has 90 valence electrons. The van der Waals surface area contributed by atoms with Crippen LogP contribution in [-0.2, 0) is 0 Å². The van der Waals surface area contributed by atoms with Crippen molar-refractivity contribution in [1.29, 1.82) is 0 Å². The quantitative estimate of drug-likeness (QED) is 0.786. The van der Waals surface area contributed by atoms with E-state index in [1.165, 1.54) is 18.7 Å². The highest BCUT2D eigenvalue weighted by molar-refractivity contribution is 7.98. The Bertz CT molecular complexity index is 563. The molecule has 0 fully saturated rings. The first kappa shape index (κ1) is 12.0. The van der Waals surface area contributed by atoms with Crippen molar-refractivity contribution in [3.63, 3.8) is 0 Å². The summed E-state index contributed by atoms with van der Waals surface area (Å²) in [5.41, 5.74) is 1.61. The predicted octanol–water partition coefficient (Wildman–Crippen LogP) is 2.82. The molecule has 0 saturated carbocycles. The van der Waals surface area contributed by atoms with E-state index in [9.17, 15) is 4.79 Å². The van der Waals surface area contributed by atoms with Gasteiger partial charge >= 0.3 is 0 Å². The minimum atomic E-state index is -0.0268. The SMILES string of the molecule is CCOc1ccc2c(c1)nc(SC)n2C(C)=O. The molecule has 0 saturated heterocycles. The first-order valence-electron chi connectivity index (χ1n) is 5.37. The molecule has 0 spiro atoms. The molecule has 0 radical (unpaired) electrons. The van der Waals surface area contributed by atoms with E-state index in [2.05, 4.69) is 4.98 Å². The van der Waals surface area contributed by atoms with E-state index in [1.807, 2.05) is 31.4 Å². The monoisotopic (exact) mass is 250 g/mol. The molecule has 5 heteroatoms. The summed E-state index contributed by atoms with van der Waals surface area (Å²) in [5, 5.41) is 0.709. The lowest BCUT2D eigenvalue weighted by molar-refractivity contribution is 0.0931. The van der Waals surface area contributed by atoms with Gasteiger partial charge in [0.15, 0.2) is 5.16 Å². The number of hydrogen-bond acceptors (Lipinski definition) is 4. The Hall–Kier alpha value is -1.49. The molecular formula is C12H14N2O2S. The summed E-state index contributed by atoms with van der Waals surface area (Å²) in [4.78, 5) is 16.0. The second kappa shape index (κ2) is 4.79. The van der Waals surface area contributed by atoms with Crippen LogP contribution in [0.4, 0.5) is 0 Å². The number of benzene rings is 1. The molecule has 1 aromatic heterocycles. The van der Waals surface area contributed by atoms with Gasteiger partial charge in [0.1, 0.15) is 5.75 Å². The van der Waals surface area contributed by atoms with Crippen molar-refractivity contribution in [2.75, 3.05) is 12.9 Å². The van der Waals surface area contributed by atoms with Gasteiger partial charge < -0.3 is 4.74 Å². The van der Waals surface area contributed by atoms with E-state index in [-0.39, 0.29) is 5.91 Å². The van der Waals surface area contributed by atoms with Crippen molar-refractivity contribution in [2.45, 2.75) is 19.0 Å². The van der Waals surface area contributed by atoms with Gasteiger partial charge in [0, 0.05) is 13.0 Å². The van der Waals surface area contributed by atoms with E-state index in [4.69, 9.17) is 4.74 Å². The Kier molecular flexibility index (Phi) is 3.38. The second-order valence-corrected chi connectivity index (χ2v) is 4.31. The van der Waals surface area contributed by atoms with Gasteiger partial charge in [-0.2, -0.15) is 0 Å². The average Bonchev–Trinajstić information content (AvgIpc) is 2.67. The molecule has 0 aliphatic heterocycles. The molecule has 0 atom stereocenters. The van der Waals surface area contributed by atoms with E-state index in [0.717, 1.165) is 16.8 Å². The zero-order valence-electron chi connectivity index (χ0n) is 10.1. The smallest absolute Gasteiger partial charge is 0.230 e. The molecule has 2 aromatic rings. The molecular weight excluding hydrogens is 236 g/mol. The molecule has 0 N–H and O–H groups in total. The lowest BCUT2D eigenvalue weighted by atomic mass is 10.3. The van der Waals surface area contributed by atoms with E-state index in [0.29, 0.717) is 11.8 Å². The van der Waals surface area contributed by atoms with Gasteiger partial charge in [0.25, 0.3) is 0 Å². The van der Waals surface area contributed by atoms with Gasteiger partial charge in [-0.05, 0) is 25.3 Å². The fourth-order valence-corrected chi connectivity index (χ4v) is 2.33. The number of thioether (sulfide) groups is 1. The summed E-state index contributed by atoms with van der Waals surface area (Å²) in [7, 11) is 0.